The fraction of sp³-hybridized carbons (Fsp3) is 0.692. The smallest absolute Gasteiger partial charge is 0.331 e. The summed E-state index contributed by atoms with van der Waals surface area (Å²) >= 11 is 0. The van der Waals surface area contributed by atoms with E-state index in [-0.39, 0.29) is 23.5 Å². The molecule has 0 saturated carbocycles. The van der Waals surface area contributed by atoms with Crippen LogP contribution in [-0.2, 0) is 17.8 Å². The van der Waals surface area contributed by atoms with Crippen LogP contribution in [0.4, 0.5) is 0 Å². The van der Waals surface area contributed by atoms with Crippen LogP contribution in [0.2, 0.25) is 0 Å². The van der Waals surface area contributed by atoms with Crippen LogP contribution < -0.4 is 17.0 Å². The maximum Gasteiger partial charge on any atom is 0.331 e. The first-order valence-corrected chi connectivity index (χ1v) is 6.77. The van der Waals surface area contributed by atoms with Gasteiger partial charge in [-0.15, -0.1) is 0 Å². The van der Waals surface area contributed by atoms with E-state index in [0.717, 1.165) is 12.8 Å². The van der Waals surface area contributed by atoms with Gasteiger partial charge in [0.05, 0.1) is 18.8 Å². The molecule has 1 aliphatic rings. The molecule has 0 spiro atoms. The van der Waals surface area contributed by atoms with Gasteiger partial charge < -0.3 is 10.5 Å². The lowest BCUT2D eigenvalue weighted by molar-refractivity contribution is 0.0447. The lowest BCUT2D eigenvalue weighted by atomic mass is 10.2. The SMILES string of the molecule is CC1CCC(Cn2ccc(=O)n(CCCN)c2=O)O1. The van der Waals surface area contributed by atoms with Gasteiger partial charge in [-0.2, -0.15) is 0 Å². The Morgan fingerprint density at radius 2 is 2.21 bits per heavy atom. The van der Waals surface area contributed by atoms with E-state index in [1.165, 1.54) is 10.6 Å². The third-order valence-electron chi connectivity index (χ3n) is 3.45. The fourth-order valence-corrected chi connectivity index (χ4v) is 2.39. The third kappa shape index (κ3) is 3.33. The largest absolute Gasteiger partial charge is 0.373 e. The number of aromatic nitrogens is 2. The molecule has 1 saturated heterocycles. The Labute approximate surface area is 111 Å². The van der Waals surface area contributed by atoms with Gasteiger partial charge in [0.25, 0.3) is 5.56 Å². The maximum absolute atomic E-state index is 12.2. The molecule has 2 atom stereocenters. The third-order valence-corrected chi connectivity index (χ3v) is 3.45. The average molecular weight is 267 g/mol. The highest BCUT2D eigenvalue weighted by atomic mass is 16.5. The van der Waals surface area contributed by atoms with Gasteiger partial charge in [0.15, 0.2) is 0 Å². The van der Waals surface area contributed by atoms with E-state index < -0.39 is 0 Å². The Balaban J connectivity index is 2.17. The van der Waals surface area contributed by atoms with Gasteiger partial charge in [0.2, 0.25) is 0 Å². The normalized spacial score (nSPS) is 22.8. The van der Waals surface area contributed by atoms with Crippen molar-refractivity contribution in [2.45, 2.75) is 51.5 Å². The van der Waals surface area contributed by atoms with Crippen molar-refractivity contribution in [3.05, 3.63) is 33.1 Å². The number of ether oxygens (including phenoxy) is 1. The minimum absolute atomic E-state index is 0.0631. The van der Waals surface area contributed by atoms with Crippen LogP contribution in [0, 0.1) is 0 Å². The molecule has 0 aliphatic carbocycles. The molecule has 0 bridgehead atoms. The first-order valence-electron chi connectivity index (χ1n) is 6.77. The highest BCUT2D eigenvalue weighted by molar-refractivity contribution is 4.87. The second kappa shape index (κ2) is 6.16. The summed E-state index contributed by atoms with van der Waals surface area (Å²) < 4.78 is 8.50. The summed E-state index contributed by atoms with van der Waals surface area (Å²) in [6.07, 6.45) is 4.46. The van der Waals surface area contributed by atoms with E-state index in [1.54, 1.807) is 10.8 Å². The summed E-state index contributed by atoms with van der Waals surface area (Å²) in [6.45, 7) is 3.37. The molecule has 19 heavy (non-hydrogen) atoms. The first-order chi connectivity index (χ1) is 9.11. The molecular formula is C13H21N3O3. The van der Waals surface area contributed by atoms with Crippen molar-refractivity contribution >= 4 is 0 Å². The molecule has 1 aromatic rings. The molecule has 106 valence electrons. The van der Waals surface area contributed by atoms with Crippen LogP contribution in [0.5, 0.6) is 0 Å². The maximum atomic E-state index is 12.2. The van der Waals surface area contributed by atoms with Gasteiger partial charge in [0.1, 0.15) is 0 Å². The second-order valence-electron chi connectivity index (χ2n) is 5.03. The summed E-state index contributed by atoms with van der Waals surface area (Å²) in [5.41, 5.74) is 4.88. The minimum atomic E-state index is -0.274. The van der Waals surface area contributed by atoms with Crippen LogP contribution >= 0.6 is 0 Å². The second-order valence-corrected chi connectivity index (χ2v) is 5.03. The van der Waals surface area contributed by atoms with Crippen LogP contribution in [0.25, 0.3) is 0 Å². The zero-order chi connectivity index (χ0) is 13.8. The van der Waals surface area contributed by atoms with Gasteiger partial charge in [-0.25, -0.2) is 4.79 Å². The van der Waals surface area contributed by atoms with Crippen LogP contribution in [0.1, 0.15) is 26.2 Å². The van der Waals surface area contributed by atoms with Gasteiger partial charge in [0, 0.05) is 18.8 Å². The van der Waals surface area contributed by atoms with Crippen molar-refractivity contribution < 1.29 is 4.74 Å². The van der Waals surface area contributed by atoms with Crippen LogP contribution in [0.3, 0.4) is 0 Å². The Kier molecular flexibility index (Phi) is 4.55. The highest BCUT2D eigenvalue weighted by Crippen LogP contribution is 2.19. The minimum Gasteiger partial charge on any atom is -0.373 e. The summed E-state index contributed by atoms with van der Waals surface area (Å²) in [4.78, 5) is 23.9. The van der Waals surface area contributed by atoms with Crippen LogP contribution in [-0.4, -0.2) is 27.9 Å². The van der Waals surface area contributed by atoms with Crippen molar-refractivity contribution in [3.8, 4) is 0 Å². The van der Waals surface area contributed by atoms with Gasteiger partial charge >= 0.3 is 5.69 Å². The molecule has 0 amide bonds. The number of rotatable bonds is 5. The summed E-state index contributed by atoms with van der Waals surface area (Å²) in [5, 5.41) is 0. The molecule has 6 heteroatoms. The molecule has 0 radical (unpaired) electrons. The lowest BCUT2D eigenvalue weighted by Gasteiger charge is -2.14. The Morgan fingerprint density at radius 3 is 2.84 bits per heavy atom. The van der Waals surface area contributed by atoms with Crippen LogP contribution in [0.15, 0.2) is 21.9 Å². The molecule has 2 N–H and O–H groups in total. The molecule has 1 aromatic heterocycles. The molecule has 1 aliphatic heterocycles. The fourth-order valence-electron chi connectivity index (χ4n) is 2.39. The molecule has 0 aromatic carbocycles. The molecule has 2 heterocycles. The zero-order valence-corrected chi connectivity index (χ0v) is 11.2. The standard InChI is InChI=1S/C13H21N3O3/c1-10-3-4-11(19-10)9-15-8-5-12(17)16(13(15)18)7-2-6-14/h5,8,10-11H,2-4,6-7,9,14H2,1H3. The topological polar surface area (TPSA) is 79.3 Å². The summed E-state index contributed by atoms with van der Waals surface area (Å²) in [6, 6.07) is 1.43. The number of nitrogens with zero attached hydrogens (tertiary/aromatic N) is 2. The first kappa shape index (κ1) is 14.0. The monoisotopic (exact) mass is 267 g/mol. The Morgan fingerprint density at radius 1 is 1.42 bits per heavy atom. The van der Waals surface area contributed by atoms with E-state index in [4.69, 9.17) is 10.5 Å². The average Bonchev–Trinajstić information content (AvgIpc) is 2.78. The molecule has 2 rings (SSSR count). The van der Waals surface area contributed by atoms with E-state index in [2.05, 4.69) is 0 Å². The van der Waals surface area contributed by atoms with Crippen molar-refractivity contribution in [2.75, 3.05) is 6.54 Å². The number of hydrogen-bond donors (Lipinski definition) is 1. The number of nitrogens with two attached hydrogens (primary N) is 1. The van der Waals surface area contributed by atoms with Gasteiger partial charge in [-0.3, -0.25) is 13.9 Å². The predicted octanol–water partition coefficient (Wildman–Crippen LogP) is -0.0737. The van der Waals surface area contributed by atoms with Crippen molar-refractivity contribution in [2.24, 2.45) is 5.73 Å². The quantitative estimate of drug-likeness (QED) is 0.809. The number of hydrogen-bond acceptors (Lipinski definition) is 4. The molecule has 1 fully saturated rings. The van der Waals surface area contributed by atoms with E-state index >= 15 is 0 Å². The van der Waals surface area contributed by atoms with Gasteiger partial charge in [-0.1, -0.05) is 0 Å². The van der Waals surface area contributed by atoms with Crippen molar-refractivity contribution in [3.63, 3.8) is 0 Å². The van der Waals surface area contributed by atoms with E-state index in [9.17, 15) is 9.59 Å². The summed E-state index contributed by atoms with van der Waals surface area (Å²) in [7, 11) is 0. The predicted molar refractivity (Wildman–Crippen MR) is 72.2 cm³/mol. The summed E-state index contributed by atoms with van der Waals surface area (Å²) in [5.74, 6) is 0. The van der Waals surface area contributed by atoms with Crippen molar-refractivity contribution in [1.82, 2.24) is 9.13 Å². The van der Waals surface area contributed by atoms with Crippen molar-refractivity contribution in [1.29, 1.82) is 0 Å². The Hall–Kier alpha value is -1.40. The molecule has 2 unspecified atom stereocenters. The van der Waals surface area contributed by atoms with E-state index in [0.29, 0.717) is 26.1 Å². The van der Waals surface area contributed by atoms with E-state index in [1.807, 2.05) is 6.92 Å². The zero-order valence-electron chi connectivity index (χ0n) is 11.2. The lowest BCUT2D eigenvalue weighted by Crippen LogP contribution is -2.40. The highest BCUT2D eigenvalue weighted by Gasteiger charge is 2.22. The molecular weight excluding hydrogens is 246 g/mol. The van der Waals surface area contributed by atoms with Gasteiger partial charge in [-0.05, 0) is 32.7 Å². The Bertz CT molecular complexity index is 535. The molecule has 6 nitrogen and oxygen atoms in total.